The Labute approximate surface area is 81.6 Å². The third kappa shape index (κ3) is 2.48. The fourth-order valence-corrected chi connectivity index (χ4v) is 1.51. The number of primary sulfonamides is 1. The summed E-state index contributed by atoms with van der Waals surface area (Å²) in [5, 5.41) is 4.91. The van der Waals surface area contributed by atoms with Gasteiger partial charge < -0.3 is 5.73 Å². The molecule has 13 heavy (non-hydrogen) atoms. The van der Waals surface area contributed by atoms with E-state index in [0.29, 0.717) is 5.56 Å². The molecule has 4 nitrogen and oxygen atoms in total. The van der Waals surface area contributed by atoms with Crippen LogP contribution in [0.4, 0.5) is 0 Å². The summed E-state index contributed by atoms with van der Waals surface area (Å²) in [6.45, 7) is 0. The number of benzene rings is 1. The van der Waals surface area contributed by atoms with Crippen LogP contribution in [-0.2, 0) is 10.0 Å². The summed E-state index contributed by atoms with van der Waals surface area (Å²) < 4.78 is 21.8. The van der Waals surface area contributed by atoms with E-state index < -0.39 is 10.0 Å². The van der Waals surface area contributed by atoms with E-state index >= 15 is 0 Å². The first-order valence-corrected chi connectivity index (χ1v) is 5.29. The van der Waals surface area contributed by atoms with E-state index in [1.54, 1.807) is 6.07 Å². The molecule has 4 N–H and O–H groups in total. The Morgan fingerprint density at radius 2 is 2.00 bits per heavy atom. The Balaban J connectivity index is 3.29. The molecule has 6 heteroatoms. The first-order valence-electron chi connectivity index (χ1n) is 3.34. The Bertz CT molecular complexity index is 440. The molecule has 1 aromatic carbocycles. The van der Waals surface area contributed by atoms with Crippen molar-refractivity contribution in [3.63, 3.8) is 0 Å². The van der Waals surface area contributed by atoms with Crippen molar-refractivity contribution in [2.75, 3.05) is 0 Å². The average molecular weight is 216 g/mol. The van der Waals surface area contributed by atoms with E-state index in [4.69, 9.17) is 10.9 Å². The lowest BCUT2D eigenvalue weighted by atomic mass is 10.2. The minimum atomic E-state index is -3.67. The van der Waals surface area contributed by atoms with E-state index in [2.05, 4.69) is 12.2 Å². The van der Waals surface area contributed by atoms with Crippen molar-refractivity contribution >= 4 is 27.2 Å². The minimum absolute atomic E-state index is 0.0119. The van der Waals surface area contributed by atoms with Crippen molar-refractivity contribution in [3.05, 3.63) is 29.8 Å². The van der Waals surface area contributed by atoms with Gasteiger partial charge in [0.05, 0.1) is 4.90 Å². The van der Waals surface area contributed by atoms with Crippen molar-refractivity contribution in [3.8, 4) is 0 Å². The smallest absolute Gasteiger partial charge is 0.238 e. The standard InChI is InChI=1S/C7H8N2O2S2/c8-7(12)5-2-1-3-6(4-5)13(9,10)11/h1-4H,(H2,8,12)(H2,9,10,11). The largest absolute Gasteiger partial charge is 0.389 e. The quantitative estimate of drug-likeness (QED) is 0.680. The highest BCUT2D eigenvalue weighted by molar-refractivity contribution is 7.89. The molecule has 0 heterocycles. The molecule has 1 rings (SSSR count). The van der Waals surface area contributed by atoms with E-state index in [1.807, 2.05) is 0 Å². The predicted octanol–water partition coefficient (Wildman–Crippen LogP) is -0.0318. The Kier molecular flexibility index (Phi) is 2.65. The number of hydrogen-bond acceptors (Lipinski definition) is 3. The van der Waals surface area contributed by atoms with Gasteiger partial charge in [-0.25, -0.2) is 13.6 Å². The van der Waals surface area contributed by atoms with Crippen molar-refractivity contribution in [1.29, 1.82) is 0 Å². The molecule has 0 amide bonds. The van der Waals surface area contributed by atoms with E-state index in [-0.39, 0.29) is 9.88 Å². The second-order valence-corrected chi connectivity index (χ2v) is 4.44. The summed E-state index contributed by atoms with van der Waals surface area (Å²) >= 11 is 4.69. The lowest BCUT2D eigenvalue weighted by molar-refractivity contribution is 0.598. The maximum Gasteiger partial charge on any atom is 0.238 e. The molecule has 0 fully saturated rings. The molecule has 0 bridgehead atoms. The average Bonchev–Trinajstić information content (AvgIpc) is 2.03. The number of hydrogen-bond donors (Lipinski definition) is 2. The Hall–Kier alpha value is -0.980. The molecule has 0 saturated heterocycles. The topological polar surface area (TPSA) is 86.2 Å². The summed E-state index contributed by atoms with van der Waals surface area (Å²) in [4.78, 5) is 0.156. The molecule has 70 valence electrons. The summed E-state index contributed by atoms with van der Waals surface area (Å²) in [5.74, 6) is 0. The highest BCUT2D eigenvalue weighted by Crippen LogP contribution is 2.09. The molecule has 0 unspecified atom stereocenters. The van der Waals surface area contributed by atoms with Crippen LogP contribution in [0.25, 0.3) is 0 Å². The van der Waals surface area contributed by atoms with Gasteiger partial charge in [0, 0.05) is 5.56 Å². The number of thiocarbonyl (C=S) groups is 1. The van der Waals surface area contributed by atoms with Crippen LogP contribution in [0.3, 0.4) is 0 Å². The van der Waals surface area contributed by atoms with Gasteiger partial charge in [0.25, 0.3) is 0 Å². The zero-order valence-corrected chi connectivity index (χ0v) is 8.23. The number of nitrogens with two attached hydrogens (primary N) is 2. The third-order valence-corrected chi connectivity index (χ3v) is 2.59. The van der Waals surface area contributed by atoms with E-state index in [1.165, 1.54) is 18.2 Å². The van der Waals surface area contributed by atoms with Crippen LogP contribution in [0.1, 0.15) is 5.56 Å². The molecule has 1 aromatic rings. The second-order valence-electron chi connectivity index (χ2n) is 2.44. The van der Waals surface area contributed by atoms with Gasteiger partial charge in [-0.05, 0) is 12.1 Å². The highest BCUT2D eigenvalue weighted by atomic mass is 32.2. The van der Waals surface area contributed by atoms with Gasteiger partial charge in [-0.15, -0.1) is 0 Å². The summed E-state index contributed by atoms with van der Waals surface area (Å²) in [7, 11) is -3.67. The lowest BCUT2D eigenvalue weighted by Gasteiger charge is -2.00. The normalized spacial score (nSPS) is 11.2. The Morgan fingerprint density at radius 3 is 2.46 bits per heavy atom. The molecule has 0 spiro atoms. The van der Waals surface area contributed by atoms with Gasteiger partial charge in [-0.1, -0.05) is 24.4 Å². The van der Waals surface area contributed by atoms with Crippen LogP contribution in [0.5, 0.6) is 0 Å². The molecule has 0 radical (unpaired) electrons. The van der Waals surface area contributed by atoms with Crippen molar-refractivity contribution in [2.45, 2.75) is 4.90 Å². The minimum Gasteiger partial charge on any atom is -0.389 e. The van der Waals surface area contributed by atoms with Crippen LogP contribution >= 0.6 is 12.2 Å². The van der Waals surface area contributed by atoms with Gasteiger partial charge >= 0.3 is 0 Å². The zero-order chi connectivity index (χ0) is 10.1. The van der Waals surface area contributed by atoms with Crippen molar-refractivity contribution in [2.24, 2.45) is 10.9 Å². The van der Waals surface area contributed by atoms with Crippen LogP contribution in [-0.4, -0.2) is 13.4 Å². The lowest BCUT2D eigenvalue weighted by Crippen LogP contribution is -2.14. The zero-order valence-electron chi connectivity index (χ0n) is 6.60. The number of sulfonamides is 1. The van der Waals surface area contributed by atoms with E-state index in [9.17, 15) is 8.42 Å². The second kappa shape index (κ2) is 3.41. The van der Waals surface area contributed by atoms with Gasteiger partial charge in [0.2, 0.25) is 10.0 Å². The molecular formula is C7H8N2O2S2. The fourth-order valence-electron chi connectivity index (χ4n) is 0.826. The fraction of sp³-hybridized carbons (Fsp3) is 0. The van der Waals surface area contributed by atoms with Crippen molar-refractivity contribution < 1.29 is 8.42 Å². The monoisotopic (exact) mass is 216 g/mol. The predicted molar refractivity (Wildman–Crippen MR) is 53.7 cm³/mol. The Morgan fingerprint density at radius 1 is 1.38 bits per heavy atom. The SMILES string of the molecule is NC(=S)c1cccc(S(N)(=O)=O)c1. The summed E-state index contributed by atoms with van der Waals surface area (Å²) in [6, 6.07) is 5.89. The molecular weight excluding hydrogens is 208 g/mol. The summed E-state index contributed by atoms with van der Waals surface area (Å²) in [5.41, 5.74) is 5.81. The number of rotatable bonds is 2. The maximum atomic E-state index is 10.9. The molecule has 0 aliphatic rings. The van der Waals surface area contributed by atoms with E-state index in [0.717, 1.165) is 0 Å². The maximum absolute atomic E-state index is 10.9. The molecule has 0 aliphatic carbocycles. The summed E-state index contributed by atoms with van der Waals surface area (Å²) in [6.07, 6.45) is 0. The first-order chi connectivity index (χ1) is 5.91. The highest BCUT2D eigenvalue weighted by Gasteiger charge is 2.08. The van der Waals surface area contributed by atoms with Gasteiger partial charge in [-0.2, -0.15) is 0 Å². The van der Waals surface area contributed by atoms with Gasteiger partial charge in [0.1, 0.15) is 4.99 Å². The van der Waals surface area contributed by atoms with Crippen LogP contribution < -0.4 is 10.9 Å². The molecule has 0 saturated carbocycles. The first kappa shape index (κ1) is 10.1. The van der Waals surface area contributed by atoms with Gasteiger partial charge in [-0.3, -0.25) is 0 Å². The van der Waals surface area contributed by atoms with Crippen LogP contribution in [0.15, 0.2) is 29.2 Å². The molecule has 0 aromatic heterocycles. The van der Waals surface area contributed by atoms with Crippen LogP contribution in [0.2, 0.25) is 0 Å². The van der Waals surface area contributed by atoms with Crippen LogP contribution in [0, 0.1) is 0 Å². The third-order valence-electron chi connectivity index (χ3n) is 1.45. The molecule has 0 aliphatic heterocycles. The van der Waals surface area contributed by atoms with Crippen molar-refractivity contribution in [1.82, 2.24) is 0 Å². The molecule has 0 atom stereocenters. The van der Waals surface area contributed by atoms with Gasteiger partial charge in [0.15, 0.2) is 0 Å².